The molecule has 0 atom stereocenters. The number of benzene rings is 4. The number of phenols is 1. The predicted molar refractivity (Wildman–Crippen MR) is 216 cm³/mol. The zero-order chi connectivity index (χ0) is 36.4. The van der Waals surface area contributed by atoms with Crippen LogP contribution in [0.5, 0.6) is 5.75 Å². The van der Waals surface area contributed by atoms with Gasteiger partial charge in [0.2, 0.25) is 0 Å². The quantitative estimate of drug-likeness (QED) is 0.202. The molecule has 258 valence electrons. The number of hydrogen-bond acceptors (Lipinski definition) is 4. The molecule has 0 amide bonds. The number of aromatic hydroxyl groups is 1. The monoisotopic (exact) mass is 680 g/mol. The van der Waals surface area contributed by atoms with Crippen molar-refractivity contribution in [2.45, 2.75) is 105 Å². The number of nitrogens with zero attached hydrogens (tertiary/aromatic N) is 2. The van der Waals surface area contributed by atoms with E-state index < -0.39 is 0 Å². The van der Waals surface area contributed by atoms with E-state index in [-0.39, 0.29) is 21.7 Å². The van der Waals surface area contributed by atoms with Gasteiger partial charge in [-0.1, -0.05) is 119 Å². The Morgan fingerprint density at radius 1 is 0.520 bits per heavy atom. The van der Waals surface area contributed by atoms with Crippen molar-refractivity contribution in [1.29, 1.82) is 0 Å². The highest BCUT2D eigenvalue weighted by Crippen LogP contribution is 2.46. The minimum atomic E-state index is -0.228. The molecule has 0 unspecified atom stereocenters. The van der Waals surface area contributed by atoms with Crippen molar-refractivity contribution in [3.8, 4) is 49.8 Å². The van der Waals surface area contributed by atoms with Crippen LogP contribution in [0.1, 0.15) is 105 Å². The predicted octanol–water partition coefficient (Wildman–Crippen LogP) is 13.3. The van der Waals surface area contributed by atoms with Gasteiger partial charge in [-0.2, -0.15) is 0 Å². The summed E-state index contributed by atoms with van der Waals surface area (Å²) in [4.78, 5) is 10.3. The van der Waals surface area contributed by atoms with Crippen molar-refractivity contribution in [1.82, 2.24) is 9.97 Å². The van der Waals surface area contributed by atoms with Crippen molar-refractivity contribution in [2.75, 3.05) is 0 Å². The van der Waals surface area contributed by atoms with Gasteiger partial charge in [-0.15, -0.1) is 11.3 Å². The topological polar surface area (TPSA) is 46.0 Å². The summed E-state index contributed by atoms with van der Waals surface area (Å²) in [5.74, 6) is 0.320. The second-order valence-corrected chi connectivity index (χ2v) is 18.9. The highest BCUT2D eigenvalue weighted by Gasteiger charge is 2.28. The summed E-state index contributed by atoms with van der Waals surface area (Å²) in [6.07, 6.45) is 1.93. The Morgan fingerprint density at radius 3 is 1.72 bits per heavy atom. The van der Waals surface area contributed by atoms with E-state index in [9.17, 15) is 5.11 Å². The van der Waals surface area contributed by atoms with E-state index in [2.05, 4.69) is 168 Å². The van der Waals surface area contributed by atoms with E-state index in [0.29, 0.717) is 5.75 Å². The van der Waals surface area contributed by atoms with Crippen LogP contribution in [0.2, 0.25) is 0 Å². The molecule has 2 heterocycles. The maximum Gasteiger partial charge on any atom is 0.129 e. The lowest BCUT2D eigenvalue weighted by molar-refractivity contribution is 0.446. The number of rotatable bonds is 4. The summed E-state index contributed by atoms with van der Waals surface area (Å²) in [5.41, 5.74) is 12.5. The summed E-state index contributed by atoms with van der Waals surface area (Å²) in [6.45, 7) is 26.7. The number of aromatic nitrogens is 2. The SMILES string of the molecule is CC(C)(C)c1ccnc(-c2cc(-c3ccccc3)cc(-c3cc(C(C)(C)C)cc4sc(-c5cc(C(C)(C)C)cc(C(C)(C)C)c5O)nc34)c2)c1. The van der Waals surface area contributed by atoms with Gasteiger partial charge in [0, 0.05) is 22.9 Å². The molecule has 0 aliphatic rings. The van der Waals surface area contributed by atoms with Crippen LogP contribution in [0.3, 0.4) is 0 Å². The third-order valence-corrected chi connectivity index (χ3v) is 10.7. The first-order chi connectivity index (χ1) is 23.2. The molecule has 0 saturated heterocycles. The van der Waals surface area contributed by atoms with Crippen molar-refractivity contribution in [3.05, 3.63) is 113 Å². The summed E-state index contributed by atoms with van der Waals surface area (Å²) in [5, 5.41) is 12.7. The molecule has 4 heteroatoms. The summed E-state index contributed by atoms with van der Waals surface area (Å²) < 4.78 is 1.11. The van der Waals surface area contributed by atoms with Gasteiger partial charge in [-0.3, -0.25) is 4.98 Å². The average Bonchev–Trinajstić information content (AvgIpc) is 3.47. The van der Waals surface area contributed by atoms with E-state index in [1.54, 1.807) is 11.3 Å². The van der Waals surface area contributed by atoms with Crippen LogP contribution in [-0.4, -0.2) is 15.1 Å². The molecule has 4 aromatic carbocycles. The summed E-state index contributed by atoms with van der Waals surface area (Å²) in [7, 11) is 0. The first-order valence-corrected chi connectivity index (χ1v) is 18.5. The van der Waals surface area contributed by atoms with Crippen LogP contribution in [-0.2, 0) is 21.7 Å². The fraction of sp³-hybridized carbons (Fsp3) is 0.348. The lowest BCUT2D eigenvalue weighted by Crippen LogP contribution is -2.17. The molecule has 0 bridgehead atoms. The number of hydrogen-bond donors (Lipinski definition) is 1. The Kier molecular flexibility index (Phi) is 8.88. The Balaban J connectivity index is 1.65. The first-order valence-electron chi connectivity index (χ1n) is 17.7. The molecule has 0 aliphatic carbocycles. The Hall–Kier alpha value is -4.28. The van der Waals surface area contributed by atoms with Crippen LogP contribution in [0.25, 0.3) is 54.3 Å². The molecule has 6 aromatic rings. The van der Waals surface area contributed by atoms with E-state index >= 15 is 0 Å². The molecule has 0 fully saturated rings. The second-order valence-electron chi connectivity index (χ2n) is 17.9. The van der Waals surface area contributed by atoms with Crippen LogP contribution < -0.4 is 0 Å². The molecule has 2 aromatic heterocycles. The fourth-order valence-corrected chi connectivity index (χ4v) is 7.43. The van der Waals surface area contributed by atoms with Gasteiger partial charge in [-0.25, -0.2) is 4.98 Å². The van der Waals surface area contributed by atoms with E-state index in [1.807, 2.05) is 6.20 Å². The molecule has 3 nitrogen and oxygen atoms in total. The molecule has 1 N–H and O–H groups in total. The minimum Gasteiger partial charge on any atom is -0.507 e. The third-order valence-electron chi connectivity index (χ3n) is 9.65. The standard InChI is InChI=1S/C46H52N2OS/c1-43(2,3)32-18-19-47-38(26-32)31-21-29(28-16-14-13-15-17-28)20-30(22-31)35-23-34(45(7,8)9)27-39-40(35)48-42(50-39)36-24-33(44(4,5)6)25-37(41(36)49)46(10,11)12/h13-27,49H,1-12H3. The number of thiazole rings is 1. The lowest BCUT2D eigenvalue weighted by Gasteiger charge is -2.27. The van der Waals surface area contributed by atoms with Gasteiger partial charge in [0.1, 0.15) is 10.8 Å². The maximum absolute atomic E-state index is 11.8. The van der Waals surface area contributed by atoms with Gasteiger partial charge < -0.3 is 5.11 Å². The molecule has 0 aliphatic heterocycles. The fourth-order valence-electron chi connectivity index (χ4n) is 6.38. The molecule has 0 saturated carbocycles. The molecule has 50 heavy (non-hydrogen) atoms. The third kappa shape index (κ3) is 7.14. The highest BCUT2D eigenvalue weighted by atomic mass is 32.1. The van der Waals surface area contributed by atoms with E-state index in [0.717, 1.165) is 59.9 Å². The molecular weight excluding hydrogens is 629 g/mol. The Labute approximate surface area is 303 Å². The smallest absolute Gasteiger partial charge is 0.129 e. The van der Waals surface area contributed by atoms with Crippen LogP contribution in [0.15, 0.2) is 91.1 Å². The van der Waals surface area contributed by atoms with Crippen molar-refractivity contribution in [2.24, 2.45) is 0 Å². The van der Waals surface area contributed by atoms with E-state index in [4.69, 9.17) is 9.97 Å². The zero-order valence-electron chi connectivity index (χ0n) is 31.9. The first kappa shape index (κ1) is 35.5. The minimum absolute atomic E-state index is 0.00443. The molecule has 0 spiro atoms. The summed E-state index contributed by atoms with van der Waals surface area (Å²) in [6, 6.07) is 30.7. The van der Waals surface area contributed by atoms with Gasteiger partial charge >= 0.3 is 0 Å². The molecule has 6 rings (SSSR count). The van der Waals surface area contributed by atoms with Gasteiger partial charge in [0.25, 0.3) is 0 Å². The van der Waals surface area contributed by atoms with Crippen molar-refractivity contribution < 1.29 is 5.11 Å². The van der Waals surface area contributed by atoms with E-state index in [1.165, 1.54) is 16.7 Å². The normalized spacial score (nSPS) is 12.9. The summed E-state index contributed by atoms with van der Waals surface area (Å²) >= 11 is 1.66. The maximum atomic E-state index is 11.8. The molecular formula is C46H52N2OS. The van der Waals surface area contributed by atoms with Crippen LogP contribution >= 0.6 is 11.3 Å². The lowest BCUT2D eigenvalue weighted by atomic mass is 9.79. The zero-order valence-corrected chi connectivity index (χ0v) is 32.7. The number of fused-ring (bicyclic) bond motifs is 1. The Morgan fingerprint density at radius 2 is 1.10 bits per heavy atom. The second kappa shape index (κ2) is 12.5. The highest BCUT2D eigenvalue weighted by molar-refractivity contribution is 7.21. The number of phenolic OH excluding ortho intramolecular Hbond substituents is 1. The van der Waals surface area contributed by atoms with Gasteiger partial charge in [-0.05, 0) is 104 Å². The van der Waals surface area contributed by atoms with Crippen LogP contribution in [0, 0.1) is 0 Å². The average molecular weight is 681 g/mol. The number of pyridine rings is 1. The van der Waals surface area contributed by atoms with Crippen LogP contribution in [0.4, 0.5) is 0 Å². The van der Waals surface area contributed by atoms with Crippen molar-refractivity contribution in [3.63, 3.8) is 0 Å². The largest absolute Gasteiger partial charge is 0.507 e. The van der Waals surface area contributed by atoms with Crippen molar-refractivity contribution >= 4 is 21.6 Å². The van der Waals surface area contributed by atoms with Gasteiger partial charge in [0.05, 0.1) is 21.5 Å². The Bertz CT molecular complexity index is 2200. The molecule has 0 radical (unpaired) electrons. The van der Waals surface area contributed by atoms with Gasteiger partial charge in [0.15, 0.2) is 0 Å².